The minimum atomic E-state index is -4.41. The van der Waals surface area contributed by atoms with E-state index in [1.807, 2.05) is 0 Å². The summed E-state index contributed by atoms with van der Waals surface area (Å²) >= 11 is 0. The van der Waals surface area contributed by atoms with Crippen LogP contribution in [-0.2, 0) is 4.74 Å². The van der Waals surface area contributed by atoms with Crippen LogP contribution in [0.3, 0.4) is 0 Å². The van der Waals surface area contributed by atoms with Crippen molar-refractivity contribution in [1.29, 1.82) is 0 Å². The zero-order chi connectivity index (χ0) is 13.1. The lowest BCUT2D eigenvalue weighted by Crippen LogP contribution is -2.50. The molecule has 3 N–H and O–H groups in total. The molecule has 100 valence electrons. The van der Waals surface area contributed by atoms with Crippen LogP contribution in [0.4, 0.5) is 13.2 Å². The van der Waals surface area contributed by atoms with Crippen LogP contribution >= 0.6 is 0 Å². The van der Waals surface area contributed by atoms with Gasteiger partial charge in [-0.25, -0.2) is 0 Å². The summed E-state index contributed by atoms with van der Waals surface area (Å²) in [5, 5.41) is 11.1. The fraction of sp³-hybridized carbons (Fsp3) is 0.889. The van der Waals surface area contributed by atoms with Gasteiger partial charge in [-0.3, -0.25) is 4.90 Å². The molecule has 8 heteroatoms. The Kier molecular flexibility index (Phi) is 4.21. The van der Waals surface area contributed by atoms with Gasteiger partial charge in [0, 0.05) is 19.7 Å². The number of hydrogen-bond acceptors (Lipinski definition) is 4. The molecule has 0 saturated carbocycles. The van der Waals surface area contributed by atoms with Gasteiger partial charge in [0.25, 0.3) is 0 Å². The van der Waals surface area contributed by atoms with Gasteiger partial charge in [0.2, 0.25) is 0 Å². The maximum absolute atomic E-state index is 12.9. The molecule has 0 aliphatic carbocycles. The zero-order valence-electron chi connectivity index (χ0n) is 9.50. The number of hydrogen-bond donors (Lipinski definition) is 2. The maximum Gasteiger partial charge on any atom is 0.418 e. The molecule has 1 rings (SSSR count). The van der Waals surface area contributed by atoms with Crippen molar-refractivity contribution in [3.8, 4) is 0 Å². The van der Waals surface area contributed by atoms with Crippen molar-refractivity contribution in [2.45, 2.75) is 25.1 Å². The number of amidine groups is 1. The number of ether oxygens (including phenoxy) is 1. The standard InChI is InChI=1S/C9H16F3N3O2/c1-2-17-8(9(10,11)12)3-4-15(6-8)5-7(13)14-16/h16H,2-6H2,1H3,(H2,13,14)/t8-/m1/s1. The third kappa shape index (κ3) is 3.01. The summed E-state index contributed by atoms with van der Waals surface area (Å²) in [6, 6.07) is 0. The second kappa shape index (κ2) is 5.09. The molecule has 1 fully saturated rings. The van der Waals surface area contributed by atoms with E-state index in [-0.39, 0.29) is 38.5 Å². The average Bonchev–Trinajstić information content (AvgIpc) is 2.62. The van der Waals surface area contributed by atoms with Gasteiger partial charge >= 0.3 is 6.18 Å². The highest BCUT2D eigenvalue weighted by Crippen LogP contribution is 2.40. The molecule has 0 aromatic heterocycles. The fourth-order valence-corrected chi connectivity index (χ4v) is 1.96. The smallest absolute Gasteiger partial charge is 0.409 e. The Morgan fingerprint density at radius 1 is 1.59 bits per heavy atom. The molecule has 0 amide bonds. The topological polar surface area (TPSA) is 71.1 Å². The first-order valence-corrected chi connectivity index (χ1v) is 5.24. The summed E-state index contributed by atoms with van der Waals surface area (Å²) < 4.78 is 43.7. The van der Waals surface area contributed by atoms with Crippen molar-refractivity contribution in [2.75, 3.05) is 26.2 Å². The Balaban J connectivity index is 2.72. The van der Waals surface area contributed by atoms with Crippen LogP contribution in [0.15, 0.2) is 5.16 Å². The quantitative estimate of drug-likeness (QED) is 0.337. The summed E-state index contributed by atoms with van der Waals surface area (Å²) in [7, 11) is 0. The predicted octanol–water partition coefficient (Wildman–Crippen LogP) is 0.776. The van der Waals surface area contributed by atoms with Crippen LogP contribution in [0.25, 0.3) is 0 Å². The van der Waals surface area contributed by atoms with E-state index in [1.165, 1.54) is 11.8 Å². The lowest BCUT2D eigenvalue weighted by Gasteiger charge is -2.31. The lowest BCUT2D eigenvalue weighted by atomic mass is 10.0. The van der Waals surface area contributed by atoms with Crippen molar-refractivity contribution < 1.29 is 23.1 Å². The first kappa shape index (κ1) is 14.0. The van der Waals surface area contributed by atoms with Crippen LogP contribution in [0, 0.1) is 0 Å². The third-order valence-electron chi connectivity index (χ3n) is 2.76. The molecular formula is C9H16F3N3O2. The Hall–Kier alpha value is -1.02. The van der Waals surface area contributed by atoms with Crippen molar-refractivity contribution in [1.82, 2.24) is 4.90 Å². The van der Waals surface area contributed by atoms with Crippen molar-refractivity contribution in [3.05, 3.63) is 0 Å². The molecule has 1 heterocycles. The van der Waals surface area contributed by atoms with E-state index in [0.29, 0.717) is 0 Å². The summed E-state index contributed by atoms with van der Waals surface area (Å²) in [5.74, 6) is -0.112. The second-order valence-corrected chi connectivity index (χ2v) is 3.98. The molecule has 0 aromatic carbocycles. The zero-order valence-corrected chi connectivity index (χ0v) is 9.50. The summed E-state index contributed by atoms with van der Waals surface area (Å²) in [6.45, 7) is 1.44. The SMILES string of the molecule is CCO[C@]1(C(F)(F)F)CCN(CC(N)=NO)C1. The molecule has 1 aliphatic heterocycles. The highest BCUT2D eigenvalue weighted by molar-refractivity contribution is 5.81. The molecule has 17 heavy (non-hydrogen) atoms. The van der Waals surface area contributed by atoms with Gasteiger partial charge in [-0.15, -0.1) is 0 Å². The fourth-order valence-electron chi connectivity index (χ4n) is 1.96. The van der Waals surface area contributed by atoms with Crippen molar-refractivity contribution in [2.24, 2.45) is 10.9 Å². The van der Waals surface area contributed by atoms with E-state index in [4.69, 9.17) is 15.7 Å². The summed E-state index contributed by atoms with van der Waals surface area (Å²) in [6.07, 6.45) is -4.55. The van der Waals surface area contributed by atoms with Crippen LogP contribution < -0.4 is 5.73 Å². The van der Waals surface area contributed by atoms with Crippen LogP contribution in [0.2, 0.25) is 0 Å². The molecule has 5 nitrogen and oxygen atoms in total. The van der Waals surface area contributed by atoms with Crippen LogP contribution in [0.5, 0.6) is 0 Å². The molecule has 0 spiro atoms. The summed E-state index contributed by atoms with van der Waals surface area (Å²) in [5.41, 5.74) is 3.13. The number of nitrogens with two attached hydrogens (primary N) is 1. The van der Waals surface area contributed by atoms with Gasteiger partial charge in [0.15, 0.2) is 11.4 Å². The molecule has 1 saturated heterocycles. The second-order valence-electron chi connectivity index (χ2n) is 3.98. The maximum atomic E-state index is 12.9. The van der Waals surface area contributed by atoms with E-state index in [9.17, 15) is 13.2 Å². The van der Waals surface area contributed by atoms with E-state index in [0.717, 1.165) is 0 Å². The first-order valence-electron chi connectivity index (χ1n) is 5.24. The number of rotatable bonds is 4. The van der Waals surface area contributed by atoms with Crippen LogP contribution in [-0.4, -0.2) is 54.0 Å². The predicted molar refractivity (Wildman–Crippen MR) is 54.9 cm³/mol. The molecule has 1 atom stereocenters. The van der Waals surface area contributed by atoms with E-state index in [2.05, 4.69) is 5.16 Å². The minimum absolute atomic E-state index is 0.00139. The number of alkyl halides is 3. The monoisotopic (exact) mass is 255 g/mol. The largest absolute Gasteiger partial charge is 0.418 e. The van der Waals surface area contributed by atoms with Gasteiger partial charge in [0.05, 0.1) is 6.54 Å². The van der Waals surface area contributed by atoms with Gasteiger partial charge in [-0.2, -0.15) is 13.2 Å². The third-order valence-corrected chi connectivity index (χ3v) is 2.76. The normalized spacial score (nSPS) is 27.6. The Bertz CT molecular complexity index is 296. The molecule has 0 radical (unpaired) electrons. The van der Waals surface area contributed by atoms with E-state index < -0.39 is 11.8 Å². The molecule has 0 unspecified atom stereocenters. The number of nitrogens with zero attached hydrogens (tertiary/aromatic N) is 2. The average molecular weight is 255 g/mol. The van der Waals surface area contributed by atoms with Gasteiger partial charge in [0.1, 0.15) is 0 Å². The number of halogens is 3. The minimum Gasteiger partial charge on any atom is -0.409 e. The Labute approximate surface area is 97.0 Å². The van der Waals surface area contributed by atoms with Crippen LogP contribution in [0.1, 0.15) is 13.3 Å². The Morgan fingerprint density at radius 2 is 2.24 bits per heavy atom. The first-order chi connectivity index (χ1) is 7.84. The van der Waals surface area contributed by atoms with Crippen molar-refractivity contribution >= 4 is 5.84 Å². The van der Waals surface area contributed by atoms with Gasteiger partial charge in [-0.05, 0) is 13.3 Å². The number of likely N-dealkylation sites (tertiary alicyclic amines) is 1. The molecular weight excluding hydrogens is 239 g/mol. The van der Waals surface area contributed by atoms with E-state index in [1.54, 1.807) is 0 Å². The molecule has 1 aliphatic rings. The van der Waals surface area contributed by atoms with Gasteiger partial charge in [-0.1, -0.05) is 5.16 Å². The van der Waals surface area contributed by atoms with Crippen molar-refractivity contribution in [3.63, 3.8) is 0 Å². The van der Waals surface area contributed by atoms with E-state index >= 15 is 0 Å². The molecule has 0 bridgehead atoms. The number of oxime groups is 1. The lowest BCUT2D eigenvalue weighted by molar-refractivity contribution is -0.270. The highest BCUT2D eigenvalue weighted by atomic mass is 19.4. The van der Waals surface area contributed by atoms with Gasteiger partial charge < -0.3 is 15.7 Å². The summed E-state index contributed by atoms with van der Waals surface area (Å²) in [4.78, 5) is 1.46. The highest BCUT2D eigenvalue weighted by Gasteiger charge is 2.59. The molecule has 0 aromatic rings. The Morgan fingerprint density at radius 3 is 2.71 bits per heavy atom.